The van der Waals surface area contributed by atoms with Crippen LogP contribution in [0.1, 0.15) is 34.5 Å². The molecule has 0 spiro atoms. The van der Waals surface area contributed by atoms with Gasteiger partial charge in [0, 0.05) is 18.3 Å². The predicted molar refractivity (Wildman–Crippen MR) is 95.9 cm³/mol. The maximum absolute atomic E-state index is 13.1. The van der Waals surface area contributed by atoms with Crippen LogP contribution in [0, 0.1) is 6.92 Å². The molecule has 1 aromatic carbocycles. The Morgan fingerprint density at radius 1 is 1.33 bits per heavy atom. The van der Waals surface area contributed by atoms with Crippen molar-refractivity contribution in [1.82, 2.24) is 10.2 Å². The van der Waals surface area contributed by atoms with Crippen molar-refractivity contribution in [3.63, 3.8) is 0 Å². The van der Waals surface area contributed by atoms with Gasteiger partial charge in [0.15, 0.2) is 0 Å². The molecule has 0 aliphatic carbocycles. The molecule has 5 nitrogen and oxygen atoms in total. The zero-order valence-electron chi connectivity index (χ0n) is 14.2. The molecule has 24 heavy (non-hydrogen) atoms. The molecule has 1 atom stereocenters. The summed E-state index contributed by atoms with van der Waals surface area (Å²) in [6, 6.07) is 5.48. The zero-order valence-corrected chi connectivity index (χ0v) is 15.0. The van der Waals surface area contributed by atoms with Crippen molar-refractivity contribution in [2.24, 2.45) is 0 Å². The number of piperidine rings is 1. The van der Waals surface area contributed by atoms with Gasteiger partial charge in [-0.25, -0.2) is 0 Å². The van der Waals surface area contributed by atoms with Crippen LogP contribution in [-0.4, -0.2) is 43.5 Å². The molecule has 1 aliphatic heterocycles. The van der Waals surface area contributed by atoms with Crippen LogP contribution in [0.4, 0.5) is 0 Å². The summed E-state index contributed by atoms with van der Waals surface area (Å²) in [5.74, 6) is 0.660. The number of hydrogen-bond donors (Lipinski definition) is 1. The SMILES string of the molecule is CNC(=O)C1CCCCN1C(=O)c1sc2ccc(OC)cc2c1C. The van der Waals surface area contributed by atoms with Crippen LogP contribution in [-0.2, 0) is 4.79 Å². The van der Waals surface area contributed by atoms with Gasteiger partial charge in [-0.2, -0.15) is 0 Å². The Balaban J connectivity index is 1.98. The topological polar surface area (TPSA) is 58.6 Å². The fourth-order valence-electron chi connectivity index (χ4n) is 3.28. The molecule has 2 amide bonds. The first kappa shape index (κ1) is 16.8. The first-order chi connectivity index (χ1) is 11.6. The van der Waals surface area contributed by atoms with Gasteiger partial charge in [-0.05, 0) is 55.3 Å². The highest BCUT2D eigenvalue weighted by Crippen LogP contribution is 2.35. The first-order valence-electron chi connectivity index (χ1n) is 8.16. The van der Waals surface area contributed by atoms with Gasteiger partial charge in [0.25, 0.3) is 5.91 Å². The number of aryl methyl sites for hydroxylation is 1. The number of hydrogen-bond acceptors (Lipinski definition) is 4. The highest BCUT2D eigenvalue weighted by molar-refractivity contribution is 7.21. The number of benzene rings is 1. The second kappa shape index (κ2) is 6.81. The van der Waals surface area contributed by atoms with Gasteiger partial charge in [0.2, 0.25) is 5.91 Å². The molecule has 0 bridgehead atoms. The molecule has 1 aliphatic rings. The van der Waals surface area contributed by atoms with E-state index in [-0.39, 0.29) is 17.9 Å². The van der Waals surface area contributed by atoms with Gasteiger partial charge in [-0.15, -0.1) is 11.3 Å². The smallest absolute Gasteiger partial charge is 0.264 e. The number of ether oxygens (including phenoxy) is 1. The lowest BCUT2D eigenvalue weighted by Gasteiger charge is -2.34. The molecule has 6 heteroatoms. The third-order valence-corrected chi connectivity index (χ3v) is 5.91. The van der Waals surface area contributed by atoms with Crippen LogP contribution in [0.15, 0.2) is 18.2 Å². The number of likely N-dealkylation sites (tertiary alicyclic amines) is 1. The van der Waals surface area contributed by atoms with Crippen LogP contribution < -0.4 is 10.1 Å². The second-order valence-electron chi connectivity index (χ2n) is 6.04. The van der Waals surface area contributed by atoms with Gasteiger partial charge in [0.1, 0.15) is 11.8 Å². The van der Waals surface area contributed by atoms with Crippen molar-refractivity contribution in [3.8, 4) is 5.75 Å². The predicted octanol–water partition coefficient (Wildman–Crippen LogP) is 2.96. The Morgan fingerprint density at radius 3 is 2.83 bits per heavy atom. The van der Waals surface area contributed by atoms with Gasteiger partial charge < -0.3 is 15.0 Å². The Labute approximate surface area is 145 Å². The van der Waals surface area contributed by atoms with E-state index in [1.54, 1.807) is 19.1 Å². The molecule has 1 aromatic heterocycles. The number of amides is 2. The highest BCUT2D eigenvalue weighted by Gasteiger charge is 2.33. The first-order valence-corrected chi connectivity index (χ1v) is 8.98. The Bertz CT molecular complexity index is 784. The fourth-order valence-corrected chi connectivity index (χ4v) is 4.42. The molecule has 3 rings (SSSR count). The molecule has 1 N–H and O–H groups in total. The Hall–Kier alpha value is -2.08. The number of rotatable bonds is 3. The molecule has 1 unspecified atom stereocenters. The quantitative estimate of drug-likeness (QED) is 0.929. The molecule has 2 heterocycles. The van der Waals surface area contributed by atoms with Crippen molar-refractivity contribution in [1.29, 1.82) is 0 Å². The van der Waals surface area contributed by atoms with E-state index in [4.69, 9.17) is 4.74 Å². The number of likely N-dealkylation sites (N-methyl/N-ethyl adjacent to an activating group) is 1. The molecule has 2 aromatic rings. The summed E-state index contributed by atoms with van der Waals surface area (Å²) in [4.78, 5) is 27.7. The summed E-state index contributed by atoms with van der Waals surface area (Å²) < 4.78 is 6.34. The maximum atomic E-state index is 13.1. The minimum atomic E-state index is -0.365. The summed E-state index contributed by atoms with van der Waals surface area (Å²) in [6.45, 7) is 2.60. The minimum Gasteiger partial charge on any atom is -0.497 e. The van der Waals surface area contributed by atoms with E-state index in [0.29, 0.717) is 11.4 Å². The lowest BCUT2D eigenvalue weighted by Crippen LogP contribution is -2.51. The van der Waals surface area contributed by atoms with E-state index < -0.39 is 0 Å². The van der Waals surface area contributed by atoms with Crippen LogP contribution in [0.3, 0.4) is 0 Å². The van der Waals surface area contributed by atoms with Crippen molar-refractivity contribution < 1.29 is 14.3 Å². The van der Waals surface area contributed by atoms with E-state index in [1.165, 1.54) is 11.3 Å². The van der Waals surface area contributed by atoms with Crippen LogP contribution in [0.25, 0.3) is 10.1 Å². The average molecular weight is 346 g/mol. The molecular weight excluding hydrogens is 324 g/mol. The van der Waals surface area contributed by atoms with Gasteiger partial charge in [-0.1, -0.05) is 0 Å². The maximum Gasteiger partial charge on any atom is 0.264 e. The summed E-state index contributed by atoms with van der Waals surface area (Å²) >= 11 is 1.49. The second-order valence-corrected chi connectivity index (χ2v) is 7.09. The van der Waals surface area contributed by atoms with Gasteiger partial charge >= 0.3 is 0 Å². The number of fused-ring (bicyclic) bond motifs is 1. The standard InChI is InChI=1S/C18H22N2O3S/c1-11-13-10-12(23-3)7-8-15(13)24-16(11)18(22)20-9-5-4-6-14(20)17(21)19-2/h7-8,10,14H,4-6,9H2,1-3H3,(H,19,21). The van der Waals surface area contributed by atoms with E-state index >= 15 is 0 Å². The molecule has 0 radical (unpaired) electrons. The van der Waals surface area contributed by atoms with E-state index in [1.807, 2.05) is 25.1 Å². The van der Waals surface area contributed by atoms with Crippen LogP contribution >= 0.6 is 11.3 Å². The number of nitrogens with zero attached hydrogens (tertiary/aromatic N) is 1. The van der Waals surface area contributed by atoms with Crippen molar-refractivity contribution in [2.45, 2.75) is 32.2 Å². The summed E-state index contributed by atoms with van der Waals surface area (Å²) in [7, 11) is 3.26. The number of carbonyl (C=O) groups excluding carboxylic acids is 2. The summed E-state index contributed by atoms with van der Waals surface area (Å²) in [6.07, 6.45) is 2.64. The van der Waals surface area contributed by atoms with Crippen LogP contribution in [0.2, 0.25) is 0 Å². The highest BCUT2D eigenvalue weighted by atomic mass is 32.1. The molecule has 1 fully saturated rings. The summed E-state index contributed by atoms with van der Waals surface area (Å²) in [5.41, 5.74) is 0.958. The summed E-state index contributed by atoms with van der Waals surface area (Å²) in [5, 5.41) is 3.72. The fraction of sp³-hybridized carbons (Fsp3) is 0.444. The Morgan fingerprint density at radius 2 is 2.12 bits per heavy atom. The third-order valence-electron chi connectivity index (χ3n) is 4.65. The number of thiophene rings is 1. The normalized spacial score (nSPS) is 17.8. The molecular formula is C18H22N2O3S. The average Bonchev–Trinajstić information content (AvgIpc) is 2.96. The van der Waals surface area contributed by atoms with Crippen molar-refractivity contribution >= 4 is 33.2 Å². The Kier molecular flexibility index (Phi) is 4.76. The largest absolute Gasteiger partial charge is 0.497 e. The van der Waals surface area contributed by atoms with Crippen LogP contribution in [0.5, 0.6) is 5.75 Å². The van der Waals surface area contributed by atoms with E-state index in [9.17, 15) is 9.59 Å². The van der Waals surface area contributed by atoms with Gasteiger partial charge in [0.05, 0.1) is 12.0 Å². The molecule has 128 valence electrons. The lowest BCUT2D eigenvalue weighted by atomic mass is 10.0. The van der Waals surface area contributed by atoms with Gasteiger partial charge in [-0.3, -0.25) is 9.59 Å². The third kappa shape index (κ3) is 2.86. The monoisotopic (exact) mass is 346 g/mol. The lowest BCUT2D eigenvalue weighted by molar-refractivity contribution is -0.126. The van der Waals surface area contributed by atoms with Crippen molar-refractivity contribution in [2.75, 3.05) is 20.7 Å². The number of carbonyl (C=O) groups is 2. The number of methoxy groups -OCH3 is 1. The zero-order chi connectivity index (χ0) is 17.3. The minimum absolute atomic E-state index is 0.0408. The van der Waals surface area contributed by atoms with Crippen molar-refractivity contribution in [3.05, 3.63) is 28.6 Å². The van der Waals surface area contributed by atoms with E-state index in [0.717, 1.165) is 40.7 Å². The molecule has 0 saturated carbocycles. The molecule has 1 saturated heterocycles. The van der Waals surface area contributed by atoms with E-state index in [2.05, 4.69) is 5.32 Å². The number of nitrogens with one attached hydrogen (secondary N) is 1.